The van der Waals surface area contributed by atoms with Crippen LogP contribution in [0.5, 0.6) is 11.5 Å². The Morgan fingerprint density at radius 3 is 2.80 bits per heavy atom. The van der Waals surface area contributed by atoms with Crippen molar-refractivity contribution in [3.8, 4) is 11.5 Å². The minimum absolute atomic E-state index is 0.0267. The number of thioether (sulfide) groups is 1. The Morgan fingerprint density at radius 1 is 1.04 bits per heavy atom. The van der Waals surface area contributed by atoms with Crippen molar-refractivity contribution >= 4 is 23.4 Å². The molecule has 130 valence electrons. The maximum atomic E-state index is 12.4. The van der Waals surface area contributed by atoms with Crippen molar-refractivity contribution in [2.75, 3.05) is 24.3 Å². The third kappa shape index (κ3) is 3.76. The van der Waals surface area contributed by atoms with Crippen LogP contribution in [0.1, 0.15) is 24.0 Å². The van der Waals surface area contributed by atoms with Crippen molar-refractivity contribution in [1.82, 2.24) is 0 Å². The minimum atomic E-state index is 0.0267. The summed E-state index contributed by atoms with van der Waals surface area (Å²) in [7, 11) is 0. The van der Waals surface area contributed by atoms with Gasteiger partial charge in [0, 0.05) is 10.6 Å². The van der Waals surface area contributed by atoms with Crippen LogP contribution in [0.3, 0.4) is 0 Å². The number of fused-ring (bicyclic) bond motifs is 2. The third-order valence-corrected chi connectivity index (χ3v) is 5.55. The standard InChI is InChI=1S/C20H21NO3S/c22-20(21-17-7-3-5-14-4-1-2-6-16(14)17)13-25-15-8-9-18-19(12-15)24-11-10-23-18/h3,5,7-9,12H,1-2,4,6,10-11,13H2,(H,21,22). The maximum absolute atomic E-state index is 12.4. The summed E-state index contributed by atoms with van der Waals surface area (Å²) >= 11 is 1.51. The Balaban J connectivity index is 1.38. The second-order valence-electron chi connectivity index (χ2n) is 6.29. The summed E-state index contributed by atoms with van der Waals surface area (Å²) in [6.45, 7) is 1.16. The molecule has 2 aromatic rings. The van der Waals surface area contributed by atoms with E-state index in [0.29, 0.717) is 19.0 Å². The van der Waals surface area contributed by atoms with E-state index < -0.39 is 0 Å². The zero-order valence-electron chi connectivity index (χ0n) is 14.0. The molecule has 0 spiro atoms. The van der Waals surface area contributed by atoms with Crippen LogP contribution in [0.25, 0.3) is 0 Å². The highest BCUT2D eigenvalue weighted by molar-refractivity contribution is 8.00. The van der Waals surface area contributed by atoms with Gasteiger partial charge in [-0.25, -0.2) is 0 Å². The number of hydrogen-bond acceptors (Lipinski definition) is 4. The fourth-order valence-electron chi connectivity index (χ4n) is 3.35. The van der Waals surface area contributed by atoms with Crippen molar-refractivity contribution in [2.24, 2.45) is 0 Å². The van der Waals surface area contributed by atoms with Crippen LogP contribution in [-0.4, -0.2) is 24.9 Å². The molecule has 25 heavy (non-hydrogen) atoms. The van der Waals surface area contributed by atoms with Gasteiger partial charge in [0.05, 0.1) is 5.75 Å². The summed E-state index contributed by atoms with van der Waals surface area (Å²) in [5, 5.41) is 3.09. The average molecular weight is 355 g/mol. The molecule has 0 saturated carbocycles. The molecule has 1 N–H and O–H groups in total. The Kier molecular flexibility index (Phi) is 4.83. The van der Waals surface area contributed by atoms with Crippen LogP contribution in [0, 0.1) is 0 Å². The number of rotatable bonds is 4. The van der Waals surface area contributed by atoms with Crippen LogP contribution in [0.2, 0.25) is 0 Å². The van der Waals surface area contributed by atoms with Crippen molar-refractivity contribution < 1.29 is 14.3 Å². The fourth-order valence-corrected chi connectivity index (χ4v) is 4.07. The Morgan fingerprint density at radius 2 is 1.88 bits per heavy atom. The lowest BCUT2D eigenvalue weighted by Gasteiger charge is -2.20. The molecule has 4 nitrogen and oxygen atoms in total. The molecule has 1 aliphatic carbocycles. The van der Waals surface area contributed by atoms with Gasteiger partial charge in [-0.1, -0.05) is 12.1 Å². The van der Waals surface area contributed by atoms with Gasteiger partial charge in [-0.15, -0.1) is 11.8 Å². The van der Waals surface area contributed by atoms with Crippen LogP contribution >= 0.6 is 11.8 Å². The summed E-state index contributed by atoms with van der Waals surface area (Å²) < 4.78 is 11.1. The quantitative estimate of drug-likeness (QED) is 0.840. The van der Waals surface area contributed by atoms with Gasteiger partial charge in [-0.3, -0.25) is 4.79 Å². The van der Waals surface area contributed by atoms with E-state index in [4.69, 9.17) is 9.47 Å². The van der Waals surface area contributed by atoms with Crippen molar-refractivity contribution in [2.45, 2.75) is 30.6 Å². The van der Waals surface area contributed by atoms with Crippen LogP contribution in [0.15, 0.2) is 41.3 Å². The summed E-state index contributed by atoms with van der Waals surface area (Å²) in [4.78, 5) is 13.4. The molecule has 0 aromatic heterocycles. The van der Waals surface area contributed by atoms with Crippen molar-refractivity contribution in [3.63, 3.8) is 0 Å². The monoisotopic (exact) mass is 355 g/mol. The number of carbonyl (C=O) groups excluding carboxylic acids is 1. The van der Waals surface area contributed by atoms with Gasteiger partial charge in [0.2, 0.25) is 5.91 Å². The number of anilines is 1. The van der Waals surface area contributed by atoms with E-state index in [1.54, 1.807) is 0 Å². The maximum Gasteiger partial charge on any atom is 0.234 e. The van der Waals surface area contributed by atoms with E-state index >= 15 is 0 Å². The van der Waals surface area contributed by atoms with E-state index in [1.165, 1.54) is 35.7 Å². The fraction of sp³-hybridized carbons (Fsp3) is 0.350. The zero-order chi connectivity index (χ0) is 17.1. The van der Waals surface area contributed by atoms with E-state index in [-0.39, 0.29) is 5.91 Å². The van der Waals surface area contributed by atoms with Gasteiger partial charge < -0.3 is 14.8 Å². The largest absolute Gasteiger partial charge is 0.486 e. The van der Waals surface area contributed by atoms with Crippen molar-refractivity contribution in [1.29, 1.82) is 0 Å². The van der Waals surface area contributed by atoms with Crippen LogP contribution in [-0.2, 0) is 17.6 Å². The predicted molar refractivity (Wildman–Crippen MR) is 99.9 cm³/mol. The van der Waals surface area contributed by atoms with Gasteiger partial charge in [-0.05, 0) is 61.1 Å². The number of nitrogens with one attached hydrogen (secondary N) is 1. The number of carbonyl (C=O) groups is 1. The highest BCUT2D eigenvalue weighted by Crippen LogP contribution is 2.34. The van der Waals surface area contributed by atoms with Crippen LogP contribution < -0.4 is 14.8 Å². The topological polar surface area (TPSA) is 47.6 Å². The number of aryl methyl sites for hydroxylation is 1. The van der Waals surface area contributed by atoms with Crippen molar-refractivity contribution in [3.05, 3.63) is 47.5 Å². The molecule has 2 aromatic carbocycles. The van der Waals surface area contributed by atoms with E-state index in [0.717, 1.165) is 34.9 Å². The lowest BCUT2D eigenvalue weighted by atomic mass is 9.90. The Bertz CT molecular complexity index is 791. The summed E-state index contributed by atoms with van der Waals surface area (Å²) in [6, 6.07) is 12.0. The molecule has 4 rings (SSSR count). The average Bonchev–Trinajstić information content (AvgIpc) is 2.66. The molecule has 1 aliphatic heterocycles. The third-order valence-electron chi connectivity index (χ3n) is 4.55. The summed E-state index contributed by atoms with van der Waals surface area (Å²) in [5.41, 5.74) is 3.67. The molecule has 0 saturated heterocycles. The molecular weight excluding hydrogens is 334 g/mol. The van der Waals surface area contributed by atoms with Crippen LogP contribution in [0.4, 0.5) is 5.69 Å². The summed E-state index contributed by atoms with van der Waals surface area (Å²) in [6.07, 6.45) is 4.61. The number of amides is 1. The highest BCUT2D eigenvalue weighted by atomic mass is 32.2. The molecule has 1 amide bonds. The highest BCUT2D eigenvalue weighted by Gasteiger charge is 2.15. The lowest BCUT2D eigenvalue weighted by molar-refractivity contribution is -0.113. The molecule has 0 fully saturated rings. The predicted octanol–water partition coefficient (Wildman–Crippen LogP) is 4.07. The first-order valence-electron chi connectivity index (χ1n) is 8.73. The molecule has 0 bridgehead atoms. The Labute approximate surface area is 151 Å². The van der Waals surface area contributed by atoms with Gasteiger partial charge >= 0.3 is 0 Å². The summed E-state index contributed by atoms with van der Waals surface area (Å²) in [5.74, 6) is 1.94. The second kappa shape index (κ2) is 7.40. The van der Waals surface area contributed by atoms with E-state index in [2.05, 4.69) is 11.4 Å². The molecule has 0 unspecified atom stereocenters. The molecule has 2 aliphatic rings. The van der Waals surface area contributed by atoms with Gasteiger partial charge in [-0.2, -0.15) is 0 Å². The number of ether oxygens (including phenoxy) is 2. The second-order valence-corrected chi connectivity index (χ2v) is 7.34. The molecule has 5 heteroatoms. The first-order valence-corrected chi connectivity index (χ1v) is 9.71. The molecule has 1 heterocycles. The smallest absolute Gasteiger partial charge is 0.234 e. The normalized spacial score (nSPS) is 15.4. The molecule has 0 radical (unpaired) electrons. The minimum Gasteiger partial charge on any atom is -0.486 e. The van der Waals surface area contributed by atoms with Gasteiger partial charge in [0.15, 0.2) is 11.5 Å². The van der Waals surface area contributed by atoms with Gasteiger partial charge in [0.25, 0.3) is 0 Å². The van der Waals surface area contributed by atoms with Gasteiger partial charge in [0.1, 0.15) is 13.2 Å². The first-order chi connectivity index (χ1) is 12.3. The SMILES string of the molecule is O=C(CSc1ccc2c(c1)OCCO2)Nc1cccc2c1CCCC2. The molecular formula is C20H21NO3S. The van der Waals surface area contributed by atoms with E-state index in [1.807, 2.05) is 30.3 Å². The number of benzene rings is 2. The zero-order valence-corrected chi connectivity index (χ0v) is 14.9. The first kappa shape index (κ1) is 16.3. The number of hydrogen-bond donors (Lipinski definition) is 1. The lowest BCUT2D eigenvalue weighted by Crippen LogP contribution is -2.17. The van der Waals surface area contributed by atoms with E-state index in [9.17, 15) is 4.79 Å². The molecule has 0 atom stereocenters. The Hall–Kier alpha value is -2.14.